The highest BCUT2D eigenvalue weighted by molar-refractivity contribution is 5.34. The summed E-state index contributed by atoms with van der Waals surface area (Å²) in [6.45, 7) is 0. The summed E-state index contributed by atoms with van der Waals surface area (Å²) >= 11 is 0. The van der Waals surface area contributed by atoms with Gasteiger partial charge in [-0.1, -0.05) is 0 Å². The van der Waals surface area contributed by atoms with Crippen molar-refractivity contribution in [2.24, 2.45) is 5.73 Å². The molecule has 0 bridgehead atoms. The second-order valence-corrected chi connectivity index (χ2v) is 4.99. The van der Waals surface area contributed by atoms with E-state index in [1.54, 1.807) is 5.56 Å². The van der Waals surface area contributed by atoms with E-state index in [2.05, 4.69) is 11.2 Å². The van der Waals surface area contributed by atoms with Crippen LogP contribution in [-0.4, -0.2) is 10.5 Å². The van der Waals surface area contributed by atoms with Crippen molar-refractivity contribution in [3.8, 4) is 0 Å². The Labute approximate surface area is 84.9 Å². The summed E-state index contributed by atoms with van der Waals surface area (Å²) in [5.74, 6) is 0. The number of aromatic amines is 1. The topological polar surface area (TPSA) is 41.8 Å². The third-order valence-electron chi connectivity index (χ3n) is 3.81. The summed E-state index contributed by atoms with van der Waals surface area (Å²) in [5, 5.41) is 0. The second-order valence-electron chi connectivity index (χ2n) is 4.99. The lowest BCUT2D eigenvalue weighted by molar-refractivity contribution is 0.607. The maximum Gasteiger partial charge on any atom is 0.0182 e. The van der Waals surface area contributed by atoms with Crippen LogP contribution in [0.15, 0.2) is 6.20 Å². The number of nitrogens with one attached hydrogen (secondary N) is 1. The predicted octanol–water partition coefficient (Wildman–Crippen LogP) is 1.93. The minimum atomic E-state index is 0.211. The van der Waals surface area contributed by atoms with E-state index in [1.165, 1.54) is 56.2 Å². The van der Waals surface area contributed by atoms with Crippen LogP contribution < -0.4 is 5.73 Å². The fourth-order valence-corrected chi connectivity index (χ4v) is 2.54. The quantitative estimate of drug-likeness (QED) is 0.751. The molecule has 14 heavy (non-hydrogen) atoms. The lowest BCUT2D eigenvalue weighted by atomic mass is 10.0. The highest BCUT2D eigenvalue weighted by Crippen LogP contribution is 2.37. The van der Waals surface area contributed by atoms with Crippen LogP contribution in [0.2, 0.25) is 0 Å². The molecule has 2 nitrogen and oxygen atoms in total. The minimum Gasteiger partial charge on any atom is -0.364 e. The Kier molecular flexibility index (Phi) is 1.75. The van der Waals surface area contributed by atoms with Gasteiger partial charge >= 0.3 is 0 Å². The van der Waals surface area contributed by atoms with Crippen molar-refractivity contribution < 1.29 is 0 Å². The van der Waals surface area contributed by atoms with Crippen LogP contribution in [0.5, 0.6) is 0 Å². The molecule has 2 heteroatoms. The average Bonchev–Trinajstić information content (AvgIpc) is 2.65. The highest BCUT2D eigenvalue weighted by atomic mass is 14.8. The molecule has 1 heterocycles. The molecule has 1 aromatic heterocycles. The first-order valence-electron chi connectivity index (χ1n) is 5.74. The van der Waals surface area contributed by atoms with E-state index in [0.29, 0.717) is 0 Å². The number of aromatic nitrogens is 1. The van der Waals surface area contributed by atoms with Crippen molar-refractivity contribution in [3.63, 3.8) is 0 Å². The van der Waals surface area contributed by atoms with Crippen molar-refractivity contribution >= 4 is 0 Å². The molecule has 2 aliphatic carbocycles. The number of rotatable bonds is 3. The molecule has 1 fully saturated rings. The van der Waals surface area contributed by atoms with Gasteiger partial charge in [0.2, 0.25) is 0 Å². The van der Waals surface area contributed by atoms with Crippen molar-refractivity contribution in [1.29, 1.82) is 0 Å². The van der Waals surface area contributed by atoms with Gasteiger partial charge in [0.1, 0.15) is 0 Å². The molecule has 0 spiro atoms. The molecule has 0 aromatic carbocycles. The van der Waals surface area contributed by atoms with Gasteiger partial charge in [0.25, 0.3) is 0 Å². The molecular weight excluding hydrogens is 172 g/mol. The van der Waals surface area contributed by atoms with Crippen molar-refractivity contribution in [2.45, 2.75) is 50.5 Å². The van der Waals surface area contributed by atoms with Crippen LogP contribution in [-0.2, 0) is 19.3 Å². The molecule has 76 valence electrons. The molecule has 0 amide bonds. The van der Waals surface area contributed by atoms with E-state index in [1.807, 2.05) is 0 Å². The van der Waals surface area contributed by atoms with Gasteiger partial charge in [-0.05, 0) is 56.1 Å². The van der Waals surface area contributed by atoms with Gasteiger partial charge in [0, 0.05) is 17.4 Å². The Bertz CT molecular complexity index is 347. The Morgan fingerprint density at radius 2 is 2.21 bits per heavy atom. The zero-order valence-corrected chi connectivity index (χ0v) is 8.60. The molecule has 2 aliphatic rings. The van der Waals surface area contributed by atoms with Gasteiger partial charge in [-0.25, -0.2) is 0 Å². The maximum atomic E-state index is 6.10. The van der Waals surface area contributed by atoms with Crippen LogP contribution in [0.4, 0.5) is 0 Å². The first-order chi connectivity index (χ1) is 6.77. The van der Waals surface area contributed by atoms with E-state index >= 15 is 0 Å². The third-order valence-corrected chi connectivity index (χ3v) is 3.81. The van der Waals surface area contributed by atoms with Crippen molar-refractivity contribution in [2.75, 3.05) is 0 Å². The van der Waals surface area contributed by atoms with Crippen LogP contribution >= 0.6 is 0 Å². The fourth-order valence-electron chi connectivity index (χ4n) is 2.54. The smallest absolute Gasteiger partial charge is 0.0182 e. The summed E-state index contributed by atoms with van der Waals surface area (Å²) in [6, 6.07) is 0. The minimum absolute atomic E-state index is 0.211. The lowest BCUT2D eigenvalue weighted by Crippen LogP contribution is -2.22. The largest absolute Gasteiger partial charge is 0.364 e. The van der Waals surface area contributed by atoms with E-state index in [9.17, 15) is 0 Å². The van der Waals surface area contributed by atoms with Crippen molar-refractivity contribution in [3.05, 3.63) is 23.0 Å². The number of aryl methyl sites for hydroxylation is 2. The number of hydrogen-bond donors (Lipinski definition) is 2. The fraction of sp³-hybridized carbons (Fsp3) is 0.667. The van der Waals surface area contributed by atoms with Crippen LogP contribution in [0.3, 0.4) is 0 Å². The standard InChI is InChI=1S/C12H18N2/c13-12(6-7-12)5-4-9-8-14-11-3-1-2-10(9)11/h8,14H,1-7,13H2. The van der Waals surface area contributed by atoms with Gasteiger partial charge < -0.3 is 10.7 Å². The number of H-pyrrole nitrogens is 1. The average molecular weight is 190 g/mol. The van der Waals surface area contributed by atoms with E-state index in [4.69, 9.17) is 5.73 Å². The lowest BCUT2D eigenvalue weighted by Gasteiger charge is -2.07. The van der Waals surface area contributed by atoms with Gasteiger partial charge in [-0.3, -0.25) is 0 Å². The van der Waals surface area contributed by atoms with Crippen LogP contribution in [0.1, 0.15) is 42.5 Å². The summed E-state index contributed by atoms with van der Waals surface area (Å²) in [6.07, 6.45) is 10.9. The molecule has 1 saturated carbocycles. The third kappa shape index (κ3) is 1.38. The summed E-state index contributed by atoms with van der Waals surface area (Å²) in [4.78, 5) is 3.40. The Morgan fingerprint density at radius 1 is 1.36 bits per heavy atom. The predicted molar refractivity (Wildman–Crippen MR) is 57.3 cm³/mol. The number of hydrogen-bond acceptors (Lipinski definition) is 1. The summed E-state index contributed by atoms with van der Waals surface area (Å²) in [7, 11) is 0. The molecule has 3 rings (SSSR count). The zero-order valence-electron chi connectivity index (χ0n) is 8.60. The summed E-state index contributed by atoms with van der Waals surface area (Å²) in [5.41, 5.74) is 10.9. The maximum absolute atomic E-state index is 6.10. The molecule has 1 aromatic rings. The first kappa shape index (κ1) is 8.54. The van der Waals surface area contributed by atoms with Crippen LogP contribution in [0, 0.1) is 0 Å². The second kappa shape index (κ2) is 2.86. The SMILES string of the molecule is NC1(CCc2c[nH]c3c2CCC3)CC1. The molecule has 3 N–H and O–H groups in total. The normalized spacial score (nSPS) is 22.4. The van der Waals surface area contributed by atoms with E-state index in [-0.39, 0.29) is 5.54 Å². The Morgan fingerprint density at radius 3 is 3.00 bits per heavy atom. The molecule has 0 atom stereocenters. The Hall–Kier alpha value is -0.760. The molecular formula is C12H18N2. The van der Waals surface area contributed by atoms with Gasteiger partial charge in [-0.15, -0.1) is 0 Å². The molecule has 0 unspecified atom stereocenters. The van der Waals surface area contributed by atoms with E-state index in [0.717, 1.165) is 0 Å². The molecule has 0 aliphatic heterocycles. The molecule has 0 saturated heterocycles. The van der Waals surface area contributed by atoms with Gasteiger partial charge in [0.15, 0.2) is 0 Å². The number of nitrogens with two attached hydrogens (primary N) is 1. The van der Waals surface area contributed by atoms with Crippen LogP contribution in [0.25, 0.3) is 0 Å². The molecule has 0 radical (unpaired) electrons. The first-order valence-corrected chi connectivity index (χ1v) is 5.74. The van der Waals surface area contributed by atoms with Gasteiger partial charge in [0.05, 0.1) is 0 Å². The van der Waals surface area contributed by atoms with Gasteiger partial charge in [-0.2, -0.15) is 0 Å². The monoisotopic (exact) mass is 190 g/mol. The van der Waals surface area contributed by atoms with Crippen molar-refractivity contribution in [1.82, 2.24) is 4.98 Å². The Balaban J connectivity index is 1.71. The zero-order chi connectivity index (χ0) is 9.60. The summed E-state index contributed by atoms with van der Waals surface area (Å²) < 4.78 is 0. The van der Waals surface area contributed by atoms with E-state index < -0.39 is 0 Å². The highest BCUT2D eigenvalue weighted by Gasteiger charge is 2.37. The number of fused-ring (bicyclic) bond motifs is 1.